The van der Waals surface area contributed by atoms with Crippen LogP contribution >= 0.6 is 0 Å². The number of amides is 1. The Balaban J connectivity index is 2.89. The molecule has 0 unspecified atom stereocenters. The van der Waals surface area contributed by atoms with Gasteiger partial charge in [0, 0.05) is 19.2 Å². The van der Waals surface area contributed by atoms with Crippen LogP contribution in [0.5, 0.6) is 0 Å². The van der Waals surface area contributed by atoms with Crippen LogP contribution in [0, 0.1) is 0 Å². The molecule has 0 heterocycles. The Morgan fingerprint density at radius 3 is 2.75 bits per heavy atom. The summed E-state index contributed by atoms with van der Waals surface area (Å²) in [6, 6.07) is 7.32. The summed E-state index contributed by atoms with van der Waals surface area (Å²) in [6.45, 7) is 1.65. The number of hydrogen-bond acceptors (Lipinski definition) is 1. The standard InChI is InChI=1S/C9H11N2O/c1-7(12)11-9-5-3-2-4-8(9)6-10/h2-5,10H,6H2,1H3,(H,11,12). The summed E-state index contributed by atoms with van der Waals surface area (Å²) in [4.78, 5) is 10.7. The van der Waals surface area contributed by atoms with Gasteiger partial charge >= 0.3 is 0 Å². The third-order valence-electron chi connectivity index (χ3n) is 1.52. The fourth-order valence-electron chi connectivity index (χ4n) is 0.986. The Labute approximate surface area is 71.6 Å². The smallest absolute Gasteiger partial charge is 0.221 e. The van der Waals surface area contributed by atoms with Crippen LogP contribution in [0.25, 0.3) is 0 Å². The number of carbonyl (C=O) groups is 1. The summed E-state index contributed by atoms with van der Waals surface area (Å²) >= 11 is 0. The number of nitrogens with one attached hydrogen (secondary N) is 2. The quantitative estimate of drug-likeness (QED) is 0.704. The van der Waals surface area contributed by atoms with Crippen molar-refractivity contribution >= 4 is 11.6 Å². The van der Waals surface area contributed by atoms with E-state index in [4.69, 9.17) is 5.73 Å². The van der Waals surface area contributed by atoms with Gasteiger partial charge in [0.1, 0.15) is 0 Å². The molecule has 0 aliphatic heterocycles. The SMILES string of the molecule is CC(=O)Nc1ccccc1C[NH]. The van der Waals surface area contributed by atoms with Crippen LogP contribution < -0.4 is 11.1 Å². The fourth-order valence-corrected chi connectivity index (χ4v) is 0.986. The van der Waals surface area contributed by atoms with Crippen molar-refractivity contribution in [3.63, 3.8) is 0 Å². The normalized spacial score (nSPS) is 9.50. The summed E-state index contributed by atoms with van der Waals surface area (Å²) in [5.74, 6) is -0.101. The second-order valence-corrected chi connectivity index (χ2v) is 2.52. The molecule has 0 aliphatic carbocycles. The van der Waals surface area contributed by atoms with E-state index in [2.05, 4.69) is 5.32 Å². The third-order valence-corrected chi connectivity index (χ3v) is 1.52. The Hall–Kier alpha value is -1.35. The van der Waals surface area contributed by atoms with E-state index in [0.717, 1.165) is 11.3 Å². The highest BCUT2D eigenvalue weighted by Gasteiger charge is 1.99. The molecular formula is C9H11N2O. The summed E-state index contributed by atoms with van der Waals surface area (Å²) in [6.07, 6.45) is 0. The van der Waals surface area contributed by atoms with Crippen molar-refractivity contribution in [3.8, 4) is 0 Å². The third kappa shape index (κ3) is 2.07. The first kappa shape index (κ1) is 8.74. The summed E-state index contributed by atoms with van der Waals surface area (Å²) in [5.41, 5.74) is 8.75. The minimum atomic E-state index is -0.101. The van der Waals surface area contributed by atoms with E-state index in [-0.39, 0.29) is 12.5 Å². The molecule has 0 saturated carbocycles. The number of rotatable bonds is 2. The van der Waals surface area contributed by atoms with Crippen LogP contribution in [0.4, 0.5) is 5.69 Å². The minimum Gasteiger partial charge on any atom is -0.326 e. The van der Waals surface area contributed by atoms with Crippen molar-refractivity contribution in [1.29, 1.82) is 0 Å². The van der Waals surface area contributed by atoms with Gasteiger partial charge in [-0.25, -0.2) is 0 Å². The molecular weight excluding hydrogens is 152 g/mol. The Morgan fingerprint density at radius 1 is 1.50 bits per heavy atom. The van der Waals surface area contributed by atoms with Crippen LogP contribution in [0.2, 0.25) is 0 Å². The Kier molecular flexibility index (Phi) is 2.82. The first-order valence-electron chi connectivity index (χ1n) is 3.74. The molecule has 0 aliphatic rings. The monoisotopic (exact) mass is 163 g/mol. The zero-order valence-corrected chi connectivity index (χ0v) is 6.92. The van der Waals surface area contributed by atoms with E-state index in [9.17, 15) is 4.79 Å². The van der Waals surface area contributed by atoms with Gasteiger partial charge in [-0.05, 0) is 11.6 Å². The highest BCUT2D eigenvalue weighted by atomic mass is 16.1. The maximum atomic E-state index is 10.7. The van der Waals surface area contributed by atoms with Crippen molar-refractivity contribution in [1.82, 2.24) is 5.73 Å². The molecule has 0 aromatic heterocycles. The average molecular weight is 163 g/mol. The summed E-state index contributed by atoms with van der Waals surface area (Å²) in [5, 5.41) is 2.67. The predicted octanol–water partition coefficient (Wildman–Crippen LogP) is 1.43. The predicted molar refractivity (Wildman–Crippen MR) is 47.5 cm³/mol. The molecule has 1 rings (SSSR count). The Morgan fingerprint density at radius 2 is 2.17 bits per heavy atom. The molecule has 63 valence electrons. The molecule has 1 aromatic rings. The molecule has 0 atom stereocenters. The average Bonchev–Trinajstić information content (AvgIpc) is 2.04. The molecule has 1 radical (unpaired) electrons. The molecule has 3 heteroatoms. The summed E-state index contributed by atoms with van der Waals surface area (Å²) < 4.78 is 0. The number of hydrogen-bond donors (Lipinski definition) is 1. The lowest BCUT2D eigenvalue weighted by molar-refractivity contribution is -0.114. The van der Waals surface area contributed by atoms with Gasteiger partial charge in [0.15, 0.2) is 0 Å². The topological polar surface area (TPSA) is 52.9 Å². The van der Waals surface area contributed by atoms with E-state index >= 15 is 0 Å². The van der Waals surface area contributed by atoms with Gasteiger partial charge in [0.2, 0.25) is 5.91 Å². The number of para-hydroxylation sites is 1. The van der Waals surface area contributed by atoms with Crippen LogP contribution in [-0.2, 0) is 11.3 Å². The first-order valence-corrected chi connectivity index (χ1v) is 3.74. The van der Waals surface area contributed by atoms with Crippen LogP contribution in [0.1, 0.15) is 12.5 Å². The van der Waals surface area contributed by atoms with Gasteiger partial charge in [-0.3, -0.25) is 10.5 Å². The van der Waals surface area contributed by atoms with Gasteiger partial charge < -0.3 is 5.32 Å². The Bertz CT molecular complexity index is 284. The van der Waals surface area contributed by atoms with Crippen molar-refractivity contribution in [3.05, 3.63) is 29.8 Å². The molecule has 12 heavy (non-hydrogen) atoms. The fraction of sp³-hybridized carbons (Fsp3) is 0.222. The van der Waals surface area contributed by atoms with Gasteiger partial charge in [0.25, 0.3) is 0 Å². The van der Waals surface area contributed by atoms with Crippen LogP contribution in [0.3, 0.4) is 0 Å². The van der Waals surface area contributed by atoms with Crippen LogP contribution in [0.15, 0.2) is 24.3 Å². The number of benzene rings is 1. The van der Waals surface area contributed by atoms with E-state index in [0.29, 0.717) is 0 Å². The summed E-state index contributed by atoms with van der Waals surface area (Å²) in [7, 11) is 0. The van der Waals surface area contributed by atoms with Crippen molar-refractivity contribution in [2.45, 2.75) is 13.5 Å². The molecule has 0 saturated heterocycles. The molecule has 0 fully saturated rings. The van der Waals surface area contributed by atoms with E-state index in [1.54, 1.807) is 6.07 Å². The molecule has 0 spiro atoms. The van der Waals surface area contributed by atoms with E-state index < -0.39 is 0 Å². The lowest BCUT2D eigenvalue weighted by Gasteiger charge is -2.06. The maximum Gasteiger partial charge on any atom is 0.221 e. The number of carbonyl (C=O) groups excluding carboxylic acids is 1. The lowest BCUT2D eigenvalue weighted by Crippen LogP contribution is -2.08. The zero-order valence-electron chi connectivity index (χ0n) is 6.92. The van der Waals surface area contributed by atoms with Gasteiger partial charge in [0.05, 0.1) is 0 Å². The second-order valence-electron chi connectivity index (χ2n) is 2.52. The van der Waals surface area contributed by atoms with Crippen LogP contribution in [-0.4, -0.2) is 5.91 Å². The number of anilines is 1. The van der Waals surface area contributed by atoms with E-state index in [1.165, 1.54) is 6.92 Å². The van der Waals surface area contributed by atoms with Crippen molar-refractivity contribution in [2.75, 3.05) is 5.32 Å². The molecule has 0 bridgehead atoms. The highest BCUT2D eigenvalue weighted by Crippen LogP contribution is 2.13. The zero-order chi connectivity index (χ0) is 8.97. The van der Waals surface area contributed by atoms with Crippen molar-refractivity contribution < 1.29 is 4.79 Å². The molecule has 2 N–H and O–H groups in total. The second kappa shape index (κ2) is 3.88. The highest BCUT2D eigenvalue weighted by molar-refractivity contribution is 5.89. The molecule has 3 nitrogen and oxygen atoms in total. The minimum absolute atomic E-state index is 0.101. The first-order chi connectivity index (χ1) is 5.74. The van der Waals surface area contributed by atoms with Crippen molar-refractivity contribution in [2.24, 2.45) is 0 Å². The van der Waals surface area contributed by atoms with Gasteiger partial charge in [-0.15, -0.1) is 0 Å². The molecule has 1 aromatic carbocycles. The largest absolute Gasteiger partial charge is 0.326 e. The van der Waals surface area contributed by atoms with Gasteiger partial charge in [-0.1, -0.05) is 18.2 Å². The van der Waals surface area contributed by atoms with Gasteiger partial charge in [-0.2, -0.15) is 0 Å². The van der Waals surface area contributed by atoms with E-state index in [1.807, 2.05) is 18.2 Å². The molecule has 1 amide bonds. The maximum absolute atomic E-state index is 10.7. The lowest BCUT2D eigenvalue weighted by atomic mass is 10.2.